The Balaban J connectivity index is 2.52. The smallest absolute Gasteiger partial charge is 0.279 e. The molecule has 1 aromatic carbocycles. The van der Waals surface area contributed by atoms with E-state index in [1.54, 1.807) is 12.4 Å². The Morgan fingerprint density at radius 1 is 1.29 bits per heavy atom. The second-order valence-electron chi connectivity index (χ2n) is 5.09. The Kier molecular flexibility index (Phi) is 4.46. The molecule has 21 heavy (non-hydrogen) atoms. The maximum Gasteiger partial charge on any atom is 0.279 e. The van der Waals surface area contributed by atoms with Crippen LogP contribution in [0.25, 0.3) is 0 Å². The quantitative estimate of drug-likeness (QED) is 0.903. The molecule has 1 N–H and O–H groups in total. The number of rotatable bonds is 5. The molecule has 1 heterocycles. The van der Waals surface area contributed by atoms with E-state index in [-0.39, 0.29) is 0 Å². The van der Waals surface area contributed by atoms with Crippen LogP contribution in [-0.2, 0) is 17.3 Å². The van der Waals surface area contributed by atoms with E-state index < -0.39 is 16.3 Å². The Morgan fingerprint density at radius 2 is 1.95 bits per heavy atom. The van der Waals surface area contributed by atoms with Crippen LogP contribution in [0.4, 0.5) is 0 Å². The zero-order valence-electron chi connectivity index (χ0n) is 12.6. The second-order valence-corrected chi connectivity index (χ2v) is 7.01. The maximum atomic E-state index is 12.2. The molecule has 0 saturated carbocycles. The molecular formula is C14H20N4O2S. The molecule has 0 aliphatic heterocycles. The first-order chi connectivity index (χ1) is 9.83. The van der Waals surface area contributed by atoms with Crippen molar-refractivity contribution in [2.75, 3.05) is 14.1 Å². The summed E-state index contributed by atoms with van der Waals surface area (Å²) in [4.78, 5) is 4.29. The summed E-state index contributed by atoms with van der Waals surface area (Å²) in [5.41, 5.74) is 1.89. The Labute approximate surface area is 125 Å². The molecule has 2 aromatic rings. The summed E-state index contributed by atoms with van der Waals surface area (Å²) < 4.78 is 30.1. The molecule has 7 heteroatoms. The molecule has 0 saturated heterocycles. The van der Waals surface area contributed by atoms with E-state index in [0.29, 0.717) is 5.82 Å². The minimum Gasteiger partial charge on any atom is -0.336 e. The SMILES string of the molecule is Cc1ccccc1C(NS(=O)(=O)N(C)C)c1nccn1C. The highest BCUT2D eigenvalue weighted by Gasteiger charge is 2.26. The van der Waals surface area contributed by atoms with Gasteiger partial charge >= 0.3 is 0 Å². The zero-order chi connectivity index (χ0) is 15.6. The minimum atomic E-state index is -3.58. The van der Waals surface area contributed by atoms with Crippen molar-refractivity contribution in [2.45, 2.75) is 13.0 Å². The molecule has 0 bridgehead atoms. The molecule has 0 fully saturated rings. The molecule has 114 valence electrons. The van der Waals surface area contributed by atoms with Crippen molar-refractivity contribution >= 4 is 10.2 Å². The van der Waals surface area contributed by atoms with Gasteiger partial charge in [0.1, 0.15) is 11.9 Å². The topological polar surface area (TPSA) is 67.2 Å². The van der Waals surface area contributed by atoms with Gasteiger partial charge in [0, 0.05) is 33.5 Å². The lowest BCUT2D eigenvalue weighted by molar-refractivity contribution is 0.493. The van der Waals surface area contributed by atoms with Crippen molar-refractivity contribution < 1.29 is 8.42 Å². The van der Waals surface area contributed by atoms with Gasteiger partial charge in [-0.1, -0.05) is 24.3 Å². The first kappa shape index (κ1) is 15.7. The molecule has 1 unspecified atom stereocenters. The average Bonchev–Trinajstić information content (AvgIpc) is 2.83. The lowest BCUT2D eigenvalue weighted by Gasteiger charge is -2.22. The summed E-state index contributed by atoms with van der Waals surface area (Å²) in [6, 6.07) is 7.15. The number of hydrogen-bond acceptors (Lipinski definition) is 3. The predicted molar refractivity (Wildman–Crippen MR) is 82.0 cm³/mol. The van der Waals surface area contributed by atoms with Crippen LogP contribution in [0, 0.1) is 6.92 Å². The number of aromatic nitrogens is 2. The number of imidazole rings is 1. The fourth-order valence-corrected chi connectivity index (χ4v) is 2.82. The van der Waals surface area contributed by atoms with Crippen molar-refractivity contribution in [3.05, 3.63) is 53.6 Å². The highest BCUT2D eigenvalue weighted by molar-refractivity contribution is 7.87. The van der Waals surface area contributed by atoms with Gasteiger partial charge in [-0.15, -0.1) is 0 Å². The molecule has 0 aliphatic rings. The van der Waals surface area contributed by atoms with Crippen molar-refractivity contribution in [1.82, 2.24) is 18.6 Å². The number of hydrogen-bond donors (Lipinski definition) is 1. The lowest BCUT2D eigenvalue weighted by atomic mass is 10.0. The Hall–Kier alpha value is -1.70. The number of nitrogens with one attached hydrogen (secondary N) is 1. The molecule has 2 rings (SSSR count). The summed E-state index contributed by atoms with van der Waals surface area (Å²) >= 11 is 0. The summed E-state index contributed by atoms with van der Waals surface area (Å²) in [6.45, 7) is 1.95. The second kappa shape index (κ2) is 5.97. The van der Waals surface area contributed by atoms with Gasteiger partial charge in [-0.3, -0.25) is 0 Å². The van der Waals surface area contributed by atoms with E-state index in [2.05, 4.69) is 9.71 Å². The highest BCUT2D eigenvalue weighted by atomic mass is 32.2. The molecule has 0 amide bonds. The van der Waals surface area contributed by atoms with Crippen molar-refractivity contribution in [2.24, 2.45) is 7.05 Å². The van der Waals surface area contributed by atoms with Crippen LogP contribution in [0.2, 0.25) is 0 Å². The summed E-state index contributed by atoms with van der Waals surface area (Å²) in [6.07, 6.45) is 3.45. The third kappa shape index (κ3) is 3.31. The first-order valence-electron chi connectivity index (χ1n) is 6.55. The van der Waals surface area contributed by atoms with Crippen LogP contribution < -0.4 is 4.72 Å². The molecule has 0 radical (unpaired) electrons. The monoisotopic (exact) mass is 308 g/mol. The van der Waals surface area contributed by atoms with Crippen LogP contribution >= 0.6 is 0 Å². The van der Waals surface area contributed by atoms with E-state index >= 15 is 0 Å². The largest absolute Gasteiger partial charge is 0.336 e. The summed E-state index contributed by atoms with van der Waals surface area (Å²) in [7, 11) is 1.26. The molecule has 1 atom stereocenters. The van der Waals surface area contributed by atoms with E-state index in [1.165, 1.54) is 14.1 Å². The first-order valence-corrected chi connectivity index (χ1v) is 7.99. The standard InChI is InChI=1S/C14H20N4O2S/c1-11-7-5-6-8-12(11)13(14-15-9-10-18(14)4)16-21(19,20)17(2)3/h5-10,13,16H,1-4H3. The van der Waals surface area contributed by atoms with Gasteiger partial charge in [0.2, 0.25) is 0 Å². The Bertz CT molecular complexity index is 722. The molecule has 1 aromatic heterocycles. The molecule has 6 nitrogen and oxygen atoms in total. The fraction of sp³-hybridized carbons (Fsp3) is 0.357. The third-order valence-electron chi connectivity index (χ3n) is 3.36. The van der Waals surface area contributed by atoms with Crippen molar-refractivity contribution in [3.63, 3.8) is 0 Å². The molecular weight excluding hydrogens is 288 g/mol. The van der Waals surface area contributed by atoms with Crippen LogP contribution in [0.1, 0.15) is 23.0 Å². The van der Waals surface area contributed by atoms with Gasteiger partial charge in [0.25, 0.3) is 10.2 Å². The number of benzene rings is 1. The van der Waals surface area contributed by atoms with Crippen molar-refractivity contribution in [1.29, 1.82) is 0 Å². The molecule has 0 spiro atoms. The fourth-order valence-electron chi connectivity index (χ4n) is 2.08. The van der Waals surface area contributed by atoms with Crippen LogP contribution in [0.5, 0.6) is 0 Å². The highest BCUT2D eigenvalue weighted by Crippen LogP contribution is 2.24. The number of aryl methyl sites for hydroxylation is 2. The van der Waals surface area contributed by atoms with Gasteiger partial charge in [-0.25, -0.2) is 4.98 Å². The Morgan fingerprint density at radius 3 is 2.48 bits per heavy atom. The normalized spacial score (nSPS) is 13.6. The predicted octanol–water partition coefficient (Wildman–Crippen LogP) is 1.21. The third-order valence-corrected chi connectivity index (χ3v) is 4.86. The van der Waals surface area contributed by atoms with E-state index in [1.807, 2.05) is 42.8 Å². The zero-order valence-corrected chi connectivity index (χ0v) is 13.4. The van der Waals surface area contributed by atoms with Gasteiger partial charge in [-0.2, -0.15) is 17.4 Å². The molecule has 0 aliphatic carbocycles. The van der Waals surface area contributed by atoms with E-state index in [4.69, 9.17) is 0 Å². The van der Waals surface area contributed by atoms with Crippen molar-refractivity contribution in [3.8, 4) is 0 Å². The lowest BCUT2D eigenvalue weighted by Crippen LogP contribution is -2.39. The van der Waals surface area contributed by atoms with Crippen LogP contribution in [0.3, 0.4) is 0 Å². The van der Waals surface area contributed by atoms with Gasteiger partial charge < -0.3 is 4.57 Å². The van der Waals surface area contributed by atoms with Gasteiger partial charge in [0.15, 0.2) is 0 Å². The van der Waals surface area contributed by atoms with Gasteiger partial charge in [0.05, 0.1) is 0 Å². The number of nitrogens with zero attached hydrogens (tertiary/aromatic N) is 3. The average molecular weight is 308 g/mol. The maximum absolute atomic E-state index is 12.2. The van der Waals surface area contributed by atoms with Gasteiger partial charge in [-0.05, 0) is 18.1 Å². The summed E-state index contributed by atoms with van der Waals surface area (Å²) in [5, 5.41) is 0. The van der Waals surface area contributed by atoms with Crippen LogP contribution in [-0.4, -0.2) is 36.4 Å². The van der Waals surface area contributed by atoms with E-state index in [0.717, 1.165) is 15.4 Å². The summed E-state index contributed by atoms with van der Waals surface area (Å²) in [5.74, 6) is 0.648. The van der Waals surface area contributed by atoms with E-state index in [9.17, 15) is 8.42 Å². The minimum absolute atomic E-state index is 0.529. The van der Waals surface area contributed by atoms with Crippen LogP contribution in [0.15, 0.2) is 36.7 Å².